The number of nitrogens with zero attached hydrogens (tertiary/aromatic N) is 3. The maximum Gasteiger partial charge on any atom is 0.256 e. The molecule has 1 unspecified atom stereocenters. The molecule has 1 aromatic carbocycles. The van der Waals surface area contributed by atoms with Crippen LogP contribution in [0.3, 0.4) is 0 Å². The number of amides is 2. The Morgan fingerprint density at radius 2 is 2.00 bits per heavy atom. The summed E-state index contributed by atoms with van der Waals surface area (Å²) in [6, 6.07) is 10.6. The first-order valence-electron chi connectivity index (χ1n) is 7.82. The van der Waals surface area contributed by atoms with Crippen LogP contribution in [0.15, 0.2) is 42.6 Å². The second-order valence-electron chi connectivity index (χ2n) is 5.97. The number of aromatic nitrogens is 1. The third-order valence-electron chi connectivity index (χ3n) is 4.45. The molecule has 24 heavy (non-hydrogen) atoms. The lowest BCUT2D eigenvalue weighted by Gasteiger charge is -2.24. The second-order valence-corrected chi connectivity index (χ2v) is 5.97. The zero-order valence-corrected chi connectivity index (χ0v) is 13.8. The predicted octanol–water partition coefficient (Wildman–Crippen LogP) is 1.63. The number of nitrogens with two attached hydrogens (primary N) is 1. The topological polar surface area (TPSA) is 79.5 Å². The summed E-state index contributed by atoms with van der Waals surface area (Å²) in [4.78, 5) is 32.4. The molecule has 2 aromatic rings. The van der Waals surface area contributed by atoms with Crippen LogP contribution in [0.5, 0.6) is 0 Å². The van der Waals surface area contributed by atoms with Gasteiger partial charge in [0.25, 0.3) is 5.91 Å². The predicted molar refractivity (Wildman–Crippen MR) is 92.2 cm³/mol. The molecule has 2 heterocycles. The first kappa shape index (κ1) is 16.0. The van der Waals surface area contributed by atoms with Gasteiger partial charge in [0.05, 0.1) is 16.9 Å². The van der Waals surface area contributed by atoms with Gasteiger partial charge in [-0.3, -0.25) is 14.6 Å². The van der Waals surface area contributed by atoms with Gasteiger partial charge < -0.3 is 15.5 Å². The lowest BCUT2D eigenvalue weighted by atomic mass is 10.0. The van der Waals surface area contributed by atoms with Crippen molar-refractivity contribution < 1.29 is 9.59 Å². The first-order chi connectivity index (χ1) is 11.5. The van der Waals surface area contributed by atoms with E-state index in [-0.39, 0.29) is 11.8 Å². The number of likely N-dealkylation sites (N-methyl/N-ethyl adjacent to an activating group) is 2. The molecule has 1 aliphatic heterocycles. The minimum atomic E-state index is -0.435. The van der Waals surface area contributed by atoms with Gasteiger partial charge in [-0.2, -0.15) is 0 Å². The van der Waals surface area contributed by atoms with Crippen LogP contribution in [0.1, 0.15) is 16.8 Å². The van der Waals surface area contributed by atoms with Crippen molar-refractivity contribution in [3.8, 4) is 11.3 Å². The van der Waals surface area contributed by atoms with Crippen molar-refractivity contribution in [3.63, 3.8) is 0 Å². The van der Waals surface area contributed by atoms with Gasteiger partial charge in [0.15, 0.2) is 0 Å². The molecule has 1 fully saturated rings. The average molecular weight is 324 g/mol. The molecule has 0 aliphatic carbocycles. The third-order valence-corrected chi connectivity index (χ3v) is 4.45. The number of benzene rings is 1. The highest BCUT2D eigenvalue weighted by molar-refractivity contribution is 6.03. The van der Waals surface area contributed by atoms with Crippen molar-refractivity contribution in [2.24, 2.45) is 0 Å². The van der Waals surface area contributed by atoms with Crippen LogP contribution in [-0.2, 0) is 4.79 Å². The lowest BCUT2D eigenvalue weighted by Crippen LogP contribution is -2.42. The van der Waals surface area contributed by atoms with Crippen molar-refractivity contribution in [3.05, 3.63) is 48.2 Å². The molecule has 0 bridgehead atoms. The number of anilines is 1. The Bertz CT molecular complexity index is 776. The number of carbonyl (C=O) groups is 2. The maximum atomic E-state index is 12.8. The second kappa shape index (κ2) is 6.31. The van der Waals surface area contributed by atoms with Gasteiger partial charge in [-0.1, -0.05) is 30.3 Å². The van der Waals surface area contributed by atoms with E-state index in [0.29, 0.717) is 29.9 Å². The van der Waals surface area contributed by atoms with Crippen molar-refractivity contribution in [2.75, 3.05) is 26.4 Å². The summed E-state index contributed by atoms with van der Waals surface area (Å²) in [5, 5.41) is 0. The molecule has 3 rings (SSSR count). The minimum absolute atomic E-state index is 0.0400. The molecule has 0 spiro atoms. The Labute approximate surface area is 140 Å². The van der Waals surface area contributed by atoms with Crippen LogP contribution < -0.4 is 5.73 Å². The van der Waals surface area contributed by atoms with Crippen molar-refractivity contribution in [2.45, 2.75) is 12.5 Å². The summed E-state index contributed by atoms with van der Waals surface area (Å²) in [5.74, 6) is -0.303. The van der Waals surface area contributed by atoms with Crippen molar-refractivity contribution >= 4 is 17.5 Å². The monoisotopic (exact) mass is 324 g/mol. The zero-order valence-electron chi connectivity index (χ0n) is 13.8. The molecular formula is C18H20N4O2. The quantitative estimate of drug-likeness (QED) is 0.931. The average Bonchev–Trinajstić information content (AvgIpc) is 2.94. The maximum absolute atomic E-state index is 12.8. The third kappa shape index (κ3) is 2.71. The van der Waals surface area contributed by atoms with Gasteiger partial charge in [-0.15, -0.1) is 0 Å². The van der Waals surface area contributed by atoms with E-state index in [2.05, 4.69) is 4.98 Å². The summed E-state index contributed by atoms with van der Waals surface area (Å²) >= 11 is 0. The van der Waals surface area contributed by atoms with Crippen LogP contribution in [0.4, 0.5) is 5.69 Å². The fraction of sp³-hybridized carbons (Fsp3) is 0.278. The van der Waals surface area contributed by atoms with E-state index in [1.54, 1.807) is 31.3 Å². The smallest absolute Gasteiger partial charge is 0.256 e. The normalized spacial score (nSPS) is 17.2. The Balaban J connectivity index is 1.92. The number of hydrogen-bond donors (Lipinski definition) is 1. The molecule has 2 N–H and O–H groups in total. The highest BCUT2D eigenvalue weighted by Gasteiger charge is 2.35. The Kier molecular flexibility index (Phi) is 4.20. The van der Waals surface area contributed by atoms with E-state index >= 15 is 0 Å². The Morgan fingerprint density at radius 1 is 1.29 bits per heavy atom. The van der Waals surface area contributed by atoms with Crippen LogP contribution in [0, 0.1) is 0 Å². The van der Waals surface area contributed by atoms with Gasteiger partial charge in [0, 0.05) is 32.4 Å². The highest BCUT2D eigenvalue weighted by atomic mass is 16.2. The number of hydrogen-bond acceptors (Lipinski definition) is 4. The molecule has 1 aliphatic rings. The van der Waals surface area contributed by atoms with Crippen LogP contribution in [0.2, 0.25) is 0 Å². The van der Waals surface area contributed by atoms with Crippen molar-refractivity contribution in [1.29, 1.82) is 0 Å². The van der Waals surface area contributed by atoms with Gasteiger partial charge in [-0.05, 0) is 12.5 Å². The number of carbonyl (C=O) groups excluding carboxylic acids is 2. The summed E-state index contributed by atoms with van der Waals surface area (Å²) < 4.78 is 0. The zero-order chi connectivity index (χ0) is 17.3. The van der Waals surface area contributed by atoms with Gasteiger partial charge in [0.2, 0.25) is 5.91 Å². The molecule has 1 saturated heterocycles. The number of rotatable bonds is 3. The largest absolute Gasteiger partial charge is 0.396 e. The van der Waals surface area contributed by atoms with Crippen LogP contribution >= 0.6 is 0 Å². The fourth-order valence-electron chi connectivity index (χ4n) is 2.98. The van der Waals surface area contributed by atoms with E-state index in [0.717, 1.165) is 5.56 Å². The van der Waals surface area contributed by atoms with E-state index < -0.39 is 6.04 Å². The first-order valence-corrected chi connectivity index (χ1v) is 7.82. The Morgan fingerprint density at radius 3 is 2.62 bits per heavy atom. The summed E-state index contributed by atoms with van der Waals surface area (Å²) in [6.07, 6.45) is 2.20. The summed E-state index contributed by atoms with van der Waals surface area (Å²) in [6.45, 7) is 0.655. The van der Waals surface area contributed by atoms with E-state index in [1.165, 1.54) is 4.90 Å². The molecule has 1 aromatic heterocycles. The van der Waals surface area contributed by atoms with Crippen molar-refractivity contribution in [1.82, 2.24) is 14.8 Å². The fourth-order valence-corrected chi connectivity index (χ4v) is 2.98. The van der Waals surface area contributed by atoms with Gasteiger partial charge >= 0.3 is 0 Å². The van der Waals surface area contributed by atoms with Crippen LogP contribution in [-0.4, -0.2) is 53.3 Å². The molecule has 0 saturated carbocycles. The molecule has 1 atom stereocenters. The van der Waals surface area contributed by atoms with Gasteiger partial charge in [-0.25, -0.2) is 0 Å². The van der Waals surface area contributed by atoms with Gasteiger partial charge in [0.1, 0.15) is 6.04 Å². The lowest BCUT2D eigenvalue weighted by molar-refractivity contribution is -0.130. The van der Waals surface area contributed by atoms with E-state index in [9.17, 15) is 9.59 Å². The number of pyridine rings is 1. The molecule has 6 heteroatoms. The van der Waals surface area contributed by atoms with E-state index in [1.807, 2.05) is 30.3 Å². The molecular weight excluding hydrogens is 304 g/mol. The molecule has 2 amide bonds. The minimum Gasteiger partial charge on any atom is -0.396 e. The molecule has 6 nitrogen and oxygen atoms in total. The highest BCUT2D eigenvalue weighted by Crippen LogP contribution is 2.27. The Hall–Kier alpha value is -2.89. The van der Waals surface area contributed by atoms with Crippen LogP contribution in [0.25, 0.3) is 11.3 Å². The summed E-state index contributed by atoms with van der Waals surface area (Å²) in [5.41, 5.74) is 8.34. The summed E-state index contributed by atoms with van der Waals surface area (Å²) in [7, 11) is 3.39. The number of nitrogen functional groups attached to an aromatic ring is 1. The molecule has 0 radical (unpaired) electrons. The number of likely N-dealkylation sites (tertiary alicyclic amines) is 1. The van der Waals surface area contributed by atoms with E-state index in [4.69, 9.17) is 5.73 Å². The SMILES string of the molecule is CN1CCC(N(C)C(=O)c2ccnc(-c3ccccc3)c2N)C1=O. The molecule has 124 valence electrons. The standard InChI is InChI=1S/C18H20N4O2/c1-21-11-9-14(18(21)24)22(2)17(23)13-8-10-20-16(15(13)19)12-6-4-3-5-7-12/h3-8,10,14H,9,11,19H2,1-2H3.